The van der Waals surface area contributed by atoms with Crippen molar-refractivity contribution in [2.75, 3.05) is 32.1 Å². The van der Waals surface area contributed by atoms with Gasteiger partial charge in [0.25, 0.3) is 5.56 Å². The molecule has 1 saturated heterocycles. The second kappa shape index (κ2) is 13.6. The number of aromatic nitrogens is 4. The summed E-state index contributed by atoms with van der Waals surface area (Å²) < 4.78 is 12.5. The first-order valence-electron chi connectivity index (χ1n) is 16.7. The number of pyridine rings is 2. The molecule has 0 bridgehead atoms. The monoisotopic (exact) mass is 678 g/mol. The van der Waals surface area contributed by atoms with Crippen molar-refractivity contribution in [3.05, 3.63) is 93.0 Å². The first-order chi connectivity index (χ1) is 23.8. The summed E-state index contributed by atoms with van der Waals surface area (Å²) in [6.07, 6.45) is 6.81. The quantitative estimate of drug-likeness (QED) is 0.173. The number of methoxy groups -OCH3 is 1. The predicted octanol–water partition coefficient (Wildman–Crippen LogP) is 7.03. The Balaban J connectivity index is 1.19. The molecule has 49 heavy (non-hydrogen) atoms. The molecule has 1 aliphatic heterocycles. The van der Waals surface area contributed by atoms with E-state index in [1.54, 1.807) is 32.6 Å². The fourth-order valence-electron chi connectivity index (χ4n) is 7.34. The summed E-state index contributed by atoms with van der Waals surface area (Å²) in [7, 11) is 3.30. The number of carbonyl (C=O) groups is 1. The number of benzene rings is 2. The van der Waals surface area contributed by atoms with Crippen LogP contribution in [0.25, 0.3) is 33.2 Å². The van der Waals surface area contributed by atoms with Crippen molar-refractivity contribution in [1.82, 2.24) is 24.6 Å². The summed E-state index contributed by atoms with van der Waals surface area (Å²) in [5.74, 6) is 0.976. The Bertz CT molecular complexity index is 2120. The van der Waals surface area contributed by atoms with Crippen LogP contribution in [0.5, 0.6) is 5.88 Å². The third-order valence-electron chi connectivity index (χ3n) is 9.93. The summed E-state index contributed by atoms with van der Waals surface area (Å²) in [6, 6.07) is 16.1. The topological polar surface area (TPSA) is 111 Å². The minimum atomic E-state index is -0.222. The number of rotatable bonds is 8. The van der Waals surface area contributed by atoms with Gasteiger partial charge in [-0.3, -0.25) is 14.5 Å². The van der Waals surface area contributed by atoms with Crippen molar-refractivity contribution in [2.24, 2.45) is 13.0 Å². The van der Waals surface area contributed by atoms with Gasteiger partial charge in [-0.15, -0.1) is 0 Å². The van der Waals surface area contributed by atoms with Gasteiger partial charge in [-0.1, -0.05) is 41.9 Å². The van der Waals surface area contributed by atoms with Crippen LogP contribution < -0.4 is 15.6 Å². The molecule has 0 amide bonds. The highest BCUT2D eigenvalue weighted by molar-refractivity contribution is 6.36. The minimum Gasteiger partial charge on any atom is -0.481 e. The third-order valence-corrected chi connectivity index (χ3v) is 10.3. The maximum Gasteiger partial charge on any atom is 0.309 e. The van der Waals surface area contributed by atoms with Crippen LogP contribution in [0, 0.1) is 12.8 Å². The van der Waals surface area contributed by atoms with Crippen molar-refractivity contribution in [1.29, 1.82) is 0 Å². The Labute approximate surface area is 290 Å². The molecule has 1 atom stereocenters. The Morgan fingerprint density at radius 3 is 2.59 bits per heavy atom. The summed E-state index contributed by atoms with van der Waals surface area (Å²) >= 11 is 7.23. The Morgan fingerprint density at radius 2 is 1.82 bits per heavy atom. The van der Waals surface area contributed by atoms with E-state index in [4.69, 9.17) is 26.1 Å². The van der Waals surface area contributed by atoms with Gasteiger partial charge in [0.15, 0.2) is 0 Å². The molecule has 0 spiro atoms. The van der Waals surface area contributed by atoms with E-state index < -0.39 is 0 Å². The molecule has 0 radical (unpaired) electrons. The molecular formula is C38H39ClN6O4. The van der Waals surface area contributed by atoms with Crippen molar-refractivity contribution >= 4 is 39.8 Å². The van der Waals surface area contributed by atoms with Crippen molar-refractivity contribution in [3.8, 4) is 28.3 Å². The van der Waals surface area contributed by atoms with Crippen LogP contribution >= 0.6 is 11.6 Å². The molecule has 10 nitrogen and oxygen atoms in total. The summed E-state index contributed by atoms with van der Waals surface area (Å²) in [6.45, 7) is 5.97. The van der Waals surface area contributed by atoms with Crippen LogP contribution in [-0.4, -0.2) is 57.4 Å². The standard InChI is InChI=1S/C38H39ClN6O4/c1-5-49-38(47)23-15-18-45(19-16-23)31-13-12-24-20-30(43-36(48-4)32(24)31)28-10-6-9-27(34(28)39)26-8-7-11-29(22(26)2)42-35-33-25(14-17-40-35)21-41-44(3)37(33)46/h6-11,14,17,20-21,23,31H,5,12-13,15-16,18-19H2,1-4H3,(H,40,42)/t31-/m0/s1. The first-order valence-corrected chi connectivity index (χ1v) is 17.1. The normalized spacial score (nSPS) is 16.5. The smallest absolute Gasteiger partial charge is 0.309 e. The number of nitrogens with zero attached hydrogens (tertiary/aromatic N) is 5. The third kappa shape index (κ3) is 6.04. The van der Waals surface area contributed by atoms with Gasteiger partial charge in [0.2, 0.25) is 5.88 Å². The largest absolute Gasteiger partial charge is 0.481 e. The molecule has 4 heterocycles. The highest BCUT2D eigenvalue weighted by atomic mass is 35.5. The number of carbonyl (C=O) groups excluding carboxylic acids is 1. The van der Waals surface area contributed by atoms with Crippen LogP contribution in [0.4, 0.5) is 11.5 Å². The average molecular weight is 679 g/mol. The summed E-state index contributed by atoms with van der Waals surface area (Å²) in [4.78, 5) is 37.3. The lowest BCUT2D eigenvalue weighted by molar-refractivity contribution is -0.149. The lowest BCUT2D eigenvalue weighted by Crippen LogP contribution is -2.38. The fraction of sp³-hybridized carbons (Fsp3) is 0.342. The second-order valence-electron chi connectivity index (χ2n) is 12.7. The van der Waals surface area contributed by atoms with E-state index in [0.717, 1.165) is 78.0 Å². The van der Waals surface area contributed by atoms with E-state index in [1.807, 2.05) is 50.2 Å². The molecular weight excluding hydrogens is 640 g/mol. The highest BCUT2D eigenvalue weighted by Gasteiger charge is 2.36. The number of ether oxygens (including phenoxy) is 2. The van der Waals surface area contributed by atoms with Crippen molar-refractivity contribution in [2.45, 2.75) is 45.6 Å². The molecule has 1 aliphatic carbocycles. The molecule has 1 fully saturated rings. The molecule has 11 heteroatoms. The molecule has 5 aromatic rings. The Morgan fingerprint density at radius 1 is 1.06 bits per heavy atom. The van der Waals surface area contributed by atoms with E-state index in [1.165, 1.54) is 10.2 Å². The maximum atomic E-state index is 13.0. The molecule has 2 aliphatic rings. The van der Waals surface area contributed by atoms with E-state index >= 15 is 0 Å². The predicted molar refractivity (Wildman–Crippen MR) is 191 cm³/mol. The Hall–Kier alpha value is -4.80. The van der Waals surface area contributed by atoms with Gasteiger partial charge in [-0.2, -0.15) is 5.10 Å². The maximum absolute atomic E-state index is 13.0. The van der Waals surface area contributed by atoms with E-state index in [-0.39, 0.29) is 23.5 Å². The number of nitrogens with one attached hydrogen (secondary N) is 1. The van der Waals surface area contributed by atoms with Gasteiger partial charge in [0, 0.05) is 47.1 Å². The van der Waals surface area contributed by atoms with Crippen LogP contribution in [-0.2, 0) is 23.0 Å². The number of fused-ring (bicyclic) bond motifs is 2. The molecule has 2 aromatic carbocycles. The van der Waals surface area contributed by atoms with E-state index in [9.17, 15) is 9.59 Å². The van der Waals surface area contributed by atoms with Crippen molar-refractivity contribution < 1.29 is 14.3 Å². The molecule has 1 N–H and O–H groups in total. The van der Waals surface area contributed by atoms with Crippen LogP contribution in [0.3, 0.4) is 0 Å². The van der Waals surface area contributed by atoms with Gasteiger partial charge in [0.05, 0.1) is 41.9 Å². The summed E-state index contributed by atoms with van der Waals surface area (Å²) in [5, 5.41) is 9.32. The molecule has 0 saturated carbocycles. The van der Waals surface area contributed by atoms with E-state index in [2.05, 4.69) is 26.4 Å². The van der Waals surface area contributed by atoms with Gasteiger partial charge >= 0.3 is 5.97 Å². The van der Waals surface area contributed by atoms with Gasteiger partial charge in [-0.25, -0.2) is 14.6 Å². The zero-order valence-corrected chi connectivity index (χ0v) is 28.9. The fourth-order valence-corrected chi connectivity index (χ4v) is 7.67. The zero-order valence-electron chi connectivity index (χ0n) is 28.1. The van der Waals surface area contributed by atoms with Gasteiger partial charge < -0.3 is 14.8 Å². The average Bonchev–Trinajstić information content (AvgIpc) is 3.55. The number of piperidine rings is 1. The number of halogens is 1. The van der Waals surface area contributed by atoms with Crippen molar-refractivity contribution in [3.63, 3.8) is 0 Å². The highest BCUT2D eigenvalue weighted by Crippen LogP contribution is 2.45. The number of aryl methyl sites for hydroxylation is 2. The molecule has 7 rings (SSSR count). The number of hydrogen-bond acceptors (Lipinski definition) is 9. The molecule has 3 aromatic heterocycles. The molecule has 252 valence electrons. The number of hydrogen-bond donors (Lipinski definition) is 1. The second-order valence-corrected chi connectivity index (χ2v) is 13.1. The number of likely N-dealkylation sites (tertiary alicyclic amines) is 1. The molecule has 0 unspecified atom stereocenters. The zero-order chi connectivity index (χ0) is 34.2. The number of esters is 1. The minimum absolute atomic E-state index is 0.0319. The van der Waals surface area contributed by atoms with Crippen LogP contribution in [0.2, 0.25) is 5.02 Å². The van der Waals surface area contributed by atoms with E-state index in [0.29, 0.717) is 34.1 Å². The summed E-state index contributed by atoms with van der Waals surface area (Å²) in [5.41, 5.74) is 7.31. The van der Waals surface area contributed by atoms with Crippen LogP contribution in [0.1, 0.15) is 48.9 Å². The van der Waals surface area contributed by atoms with Gasteiger partial charge in [0.1, 0.15) is 5.82 Å². The lowest BCUT2D eigenvalue weighted by atomic mass is 9.94. The SMILES string of the molecule is CCOC(=O)C1CCN([C@H]2CCc3cc(-c4cccc(-c5cccc(Nc6nccc7cnn(C)c(=O)c67)c5C)c4Cl)nc(OC)c32)CC1. The lowest BCUT2D eigenvalue weighted by Gasteiger charge is -2.35. The number of anilines is 2. The first kappa shape index (κ1) is 32.7. The Kier molecular flexibility index (Phi) is 9.09. The van der Waals surface area contributed by atoms with Gasteiger partial charge in [-0.05, 0) is 87.5 Å². The van der Waals surface area contributed by atoms with Crippen LogP contribution in [0.15, 0.2) is 65.7 Å².